The van der Waals surface area contributed by atoms with Crippen LogP contribution in [0.1, 0.15) is 67.2 Å². The molecule has 0 saturated carbocycles. The number of carbonyl (C=O) groups is 4. The van der Waals surface area contributed by atoms with Crippen LogP contribution in [0.25, 0.3) is 0 Å². The molecule has 0 saturated heterocycles. The summed E-state index contributed by atoms with van der Waals surface area (Å²) in [6.45, 7) is 10.8. The lowest BCUT2D eigenvalue weighted by Crippen LogP contribution is -2.61. The van der Waals surface area contributed by atoms with E-state index in [1.54, 1.807) is 39.8 Å². The Labute approximate surface area is 230 Å². The first-order valence-electron chi connectivity index (χ1n) is 13.5. The fourth-order valence-electron chi connectivity index (χ4n) is 4.13. The van der Waals surface area contributed by atoms with Crippen LogP contribution in [0.2, 0.25) is 0 Å². The molecule has 3 heterocycles. The van der Waals surface area contributed by atoms with Crippen LogP contribution >= 0.6 is 0 Å². The monoisotopic (exact) mass is 538 g/mol. The SMILES string of the molecule is CC1(C)NC(=O)C(C)(C)C(=O)NC(C)(C)C(=O)Nc2c(ccc[n+]2CCCCCC[n+]2ccccc2)NC1=O. The molecule has 1 aliphatic rings. The van der Waals surface area contributed by atoms with Crippen LogP contribution < -0.4 is 30.4 Å². The van der Waals surface area contributed by atoms with Crippen molar-refractivity contribution in [2.24, 2.45) is 5.41 Å². The molecule has 210 valence electrons. The third kappa shape index (κ3) is 7.40. The van der Waals surface area contributed by atoms with Gasteiger partial charge in [-0.05, 0) is 72.9 Å². The largest absolute Gasteiger partial charge is 0.341 e. The van der Waals surface area contributed by atoms with E-state index in [0.717, 1.165) is 32.2 Å². The van der Waals surface area contributed by atoms with Crippen molar-refractivity contribution in [3.05, 3.63) is 48.9 Å². The maximum atomic E-state index is 13.4. The molecular weight excluding hydrogens is 496 g/mol. The Bertz CT molecular complexity index is 1220. The molecule has 1 aliphatic heterocycles. The van der Waals surface area contributed by atoms with Crippen molar-refractivity contribution >= 4 is 35.1 Å². The van der Waals surface area contributed by atoms with Crippen LogP contribution in [-0.4, -0.2) is 34.7 Å². The molecule has 4 N–H and O–H groups in total. The fourth-order valence-corrected chi connectivity index (χ4v) is 4.13. The number of amides is 4. The first kappa shape index (κ1) is 29.7. The number of hydrogen-bond acceptors (Lipinski definition) is 4. The van der Waals surface area contributed by atoms with E-state index >= 15 is 0 Å². The predicted octanol–water partition coefficient (Wildman–Crippen LogP) is 2.23. The van der Waals surface area contributed by atoms with Gasteiger partial charge in [-0.1, -0.05) is 6.07 Å². The highest BCUT2D eigenvalue weighted by Crippen LogP contribution is 2.24. The number of nitrogens with one attached hydrogen (secondary N) is 4. The van der Waals surface area contributed by atoms with Gasteiger partial charge in [0.2, 0.25) is 17.7 Å². The lowest BCUT2D eigenvalue weighted by Gasteiger charge is -2.32. The smallest absolute Gasteiger partial charge is 0.332 e. The second kappa shape index (κ2) is 11.9. The zero-order valence-corrected chi connectivity index (χ0v) is 23.9. The van der Waals surface area contributed by atoms with Crippen LogP contribution in [0, 0.1) is 5.41 Å². The molecule has 10 nitrogen and oxygen atoms in total. The number of aromatic nitrogens is 2. The van der Waals surface area contributed by atoms with E-state index in [1.807, 2.05) is 29.0 Å². The van der Waals surface area contributed by atoms with Gasteiger partial charge in [-0.3, -0.25) is 14.4 Å². The molecule has 2 aromatic rings. The molecule has 0 unspecified atom stereocenters. The Morgan fingerprint density at radius 2 is 1.15 bits per heavy atom. The number of carbonyl (C=O) groups excluding carboxylic acids is 4. The minimum Gasteiger partial charge on any atom is -0.341 e. The second-order valence-electron chi connectivity index (χ2n) is 11.7. The Balaban J connectivity index is 1.82. The summed E-state index contributed by atoms with van der Waals surface area (Å²) in [4.78, 5) is 52.7. The molecular formula is C29H42N6O4+2. The van der Waals surface area contributed by atoms with Gasteiger partial charge in [-0.25, -0.2) is 19.2 Å². The molecule has 10 heteroatoms. The molecule has 0 atom stereocenters. The number of aryl methyl sites for hydroxylation is 2. The number of unbranched alkanes of at least 4 members (excludes halogenated alkanes) is 3. The zero-order chi connectivity index (χ0) is 28.8. The molecule has 0 radical (unpaired) electrons. The van der Waals surface area contributed by atoms with Gasteiger partial charge in [0.05, 0.1) is 12.7 Å². The van der Waals surface area contributed by atoms with Crippen LogP contribution in [0.4, 0.5) is 11.5 Å². The number of rotatable bonds is 7. The Morgan fingerprint density at radius 1 is 0.615 bits per heavy atom. The van der Waals surface area contributed by atoms with Crippen molar-refractivity contribution in [2.75, 3.05) is 10.6 Å². The van der Waals surface area contributed by atoms with E-state index in [0.29, 0.717) is 18.1 Å². The molecule has 4 amide bonds. The number of fused-ring (bicyclic) bond motifs is 1. The number of hydrogen-bond donors (Lipinski definition) is 4. The molecule has 0 aliphatic carbocycles. The fraction of sp³-hybridized carbons (Fsp3) is 0.517. The minimum atomic E-state index is -1.52. The number of nitrogens with zero attached hydrogens (tertiary/aromatic N) is 2. The molecule has 39 heavy (non-hydrogen) atoms. The van der Waals surface area contributed by atoms with E-state index in [1.165, 1.54) is 13.8 Å². The normalized spacial score (nSPS) is 18.7. The van der Waals surface area contributed by atoms with Crippen molar-refractivity contribution in [3.63, 3.8) is 0 Å². The summed E-state index contributed by atoms with van der Waals surface area (Å²) in [6.07, 6.45) is 9.96. The molecule has 0 spiro atoms. The van der Waals surface area contributed by atoms with Crippen molar-refractivity contribution in [2.45, 2.75) is 91.4 Å². The maximum Gasteiger partial charge on any atom is 0.332 e. The molecule has 0 bridgehead atoms. The lowest BCUT2D eigenvalue weighted by atomic mass is 9.88. The summed E-state index contributed by atoms with van der Waals surface area (Å²) in [7, 11) is 0. The van der Waals surface area contributed by atoms with Gasteiger partial charge in [0.25, 0.3) is 0 Å². The van der Waals surface area contributed by atoms with E-state index in [9.17, 15) is 19.2 Å². The molecule has 3 rings (SSSR count). The summed E-state index contributed by atoms with van der Waals surface area (Å²) in [6, 6.07) is 9.54. The van der Waals surface area contributed by atoms with E-state index in [-0.39, 0.29) is 0 Å². The van der Waals surface area contributed by atoms with E-state index < -0.39 is 40.1 Å². The minimum absolute atomic E-state index is 0.402. The summed E-state index contributed by atoms with van der Waals surface area (Å²) < 4.78 is 4.06. The highest BCUT2D eigenvalue weighted by atomic mass is 16.2. The van der Waals surface area contributed by atoms with E-state index in [4.69, 9.17) is 0 Å². The van der Waals surface area contributed by atoms with Crippen molar-refractivity contribution in [1.82, 2.24) is 10.6 Å². The zero-order valence-electron chi connectivity index (χ0n) is 23.9. The van der Waals surface area contributed by atoms with Gasteiger partial charge >= 0.3 is 11.7 Å². The third-order valence-electron chi connectivity index (χ3n) is 7.02. The lowest BCUT2D eigenvalue weighted by molar-refractivity contribution is -0.697. The number of anilines is 2. The van der Waals surface area contributed by atoms with Gasteiger partial charge in [0.15, 0.2) is 12.4 Å². The summed E-state index contributed by atoms with van der Waals surface area (Å²) >= 11 is 0. The highest BCUT2D eigenvalue weighted by Gasteiger charge is 2.45. The summed E-state index contributed by atoms with van der Waals surface area (Å²) in [5.74, 6) is -1.77. The van der Waals surface area contributed by atoms with Gasteiger partial charge in [0.1, 0.15) is 28.7 Å². The quantitative estimate of drug-likeness (QED) is 0.245. The first-order chi connectivity index (χ1) is 18.2. The van der Waals surface area contributed by atoms with Crippen LogP contribution in [0.5, 0.6) is 0 Å². The number of pyridine rings is 2. The first-order valence-corrected chi connectivity index (χ1v) is 13.5. The molecule has 0 aromatic carbocycles. The Kier molecular flexibility index (Phi) is 9.09. The average Bonchev–Trinajstić information content (AvgIpc) is 2.87. The molecule has 2 aromatic heterocycles. The van der Waals surface area contributed by atoms with Crippen LogP contribution in [-0.2, 0) is 32.3 Å². The standard InChI is InChI=1S/C29H40N6O4/c1-27(2)23(36)32-28(3,4)25(38)30-21-15-14-20-35(22(21)31-26(39)29(5,6)33-24(27)37)19-13-8-7-10-16-34-17-11-9-12-18-34/h9,11-12,14-15,17-18,20H,7-8,10,13,16,19H2,1-6H3,(H2-,30,32,33,36,37,38)/p+2. The van der Waals surface area contributed by atoms with Crippen LogP contribution in [0.3, 0.4) is 0 Å². The maximum absolute atomic E-state index is 13.4. The van der Waals surface area contributed by atoms with Crippen LogP contribution in [0.15, 0.2) is 48.9 Å². The van der Waals surface area contributed by atoms with Gasteiger partial charge in [-0.15, -0.1) is 0 Å². The van der Waals surface area contributed by atoms with E-state index in [2.05, 4.69) is 38.2 Å². The highest BCUT2D eigenvalue weighted by molar-refractivity contribution is 6.10. The molecule has 0 fully saturated rings. The van der Waals surface area contributed by atoms with Gasteiger partial charge in [0, 0.05) is 18.6 Å². The summed E-state index contributed by atoms with van der Waals surface area (Å²) in [5, 5.41) is 11.2. The van der Waals surface area contributed by atoms with Crippen molar-refractivity contribution in [1.29, 1.82) is 0 Å². The Morgan fingerprint density at radius 3 is 1.74 bits per heavy atom. The Hall–Kier alpha value is -3.82. The predicted molar refractivity (Wildman–Crippen MR) is 147 cm³/mol. The van der Waals surface area contributed by atoms with Gasteiger partial charge in [-0.2, -0.15) is 0 Å². The van der Waals surface area contributed by atoms with Crippen molar-refractivity contribution < 1.29 is 28.3 Å². The topological polar surface area (TPSA) is 124 Å². The average molecular weight is 539 g/mol. The van der Waals surface area contributed by atoms with Crippen molar-refractivity contribution in [3.8, 4) is 0 Å². The summed E-state index contributed by atoms with van der Waals surface area (Å²) in [5.41, 5.74) is -3.77. The van der Waals surface area contributed by atoms with Gasteiger partial charge < -0.3 is 16.0 Å². The third-order valence-corrected chi connectivity index (χ3v) is 7.02. The second-order valence-corrected chi connectivity index (χ2v) is 11.7.